The van der Waals surface area contributed by atoms with Crippen LogP contribution in [0.5, 0.6) is 0 Å². The highest BCUT2D eigenvalue weighted by Gasteiger charge is 2.07. The molecule has 110 valence electrons. The standard InChI is InChI=1S/C17H15N3O2/c21-17(15-11-18-13-19-12-15)22-10-7-14-3-5-16(6-4-14)20-8-1-2-9-20/h1-6,8-9,11-13H,7,10H2. The molecule has 0 spiro atoms. The number of ether oxygens (including phenoxy) is 1. The highest BCUT2D eigenvalue weighted by molar-refractivity contribution is 5.88. The van der Waals surface area contributed by atoms with E-state index in [0.717, 1.165) is 11.3 Å². The van der Waals surface area contributed by atoms with Gasteiger partial charge < -0.3 is 9.30 Å². The Morgan fingerprint density at radius 1 is 1.05 bits per heavy atom. The third-order valence-corrected chi connectivity index (χ3v) is 3.26. The summed E-state index contributed by atoms with van der Waals surface area (Å²) in [5, 5.41) is 0. The second kappa shape index (κ2) is 6.67. The van der Waals surface area contributed by atoms with Gasteiger partial charge in [-0.15, -0.1) is 0 Å². The Hall–Kier alpha value is -2.95. The third-order valence-electron chi connectivity index (χ3n) is 3.26. The maximum atomic E-state index is 11.7. The first-order valence-electron chi connectivity index (χ1n) is 6.97. The van der Waals surface area contributed by atoms with Crippen LogP contribution < -0.4 is 0 Å². The summed E-state index contributed by atoms with van der Waals surface area (Å²) in [6, 6.07) is 12.1. The molecule has 3 rings (SSSR count). The normalized spacial score (nSPS) is 10.4. The van der Waals surface area contributed by atoms with Gasteiger partial charge in [0.2, 0.25) is 0 Å². The Morgan fingerprint density at radius 3 is 2.41 bits per heavy atom. The van der Waals surface area contributed by atoms with Crippen molar-refractivity contribution < 1.29 is 9.53 Å². The first-order chi connectivity index (χ1) is 10.8. The molecule has 0 aliphatic heterocycles. The predicted octanol–water partition coefficient (Wildman–Crippen LogP) is 2.67. The fourth-order valence-corrected chi connectivity index (χ4v) is 2.09. The zero-order valence-corrected chi connectivity index (χ0v) is 11.9. The number of carbonyl (C=O) groups is 1. The lowest BCUT2D eigenvalue weighted by Crippen LogP contribution is -2.08. The van der Waals surface area contributed by atoms with Crippen LogP contribution in [0.25, 0.3) is 5.69 Å². The molecule has 2 heterocycles. The van der Waals surface area contributed by atoms with E-state index >= 15 is 0 Å². The summed E-state index contributed by atoms with van der Waals surface area (Å²) in [6.07, 6.45) is 8.94. The van der Waals surface area contributed by atoms with Crippen LogP contribution in [0.1, 0.15) is 15.9 Å². The molecule has 0 aliphatic carbocycles. The zero-order chi connectivity index (χ0) is 15.2. The molecule has 5 heteroatoms. The third kappa shape index (κ3) is 3.38. The maximum absolute atomic E-state index is 11.7. The summed E-state index contributed by atoms with van der Waals surface area (Å²) >= 11 is 0. The lowest BCUT2D eigenvalue weighted by atomic mass is 10.1. The lowest BCUT2D eigenvalue weighted by Gasteiger charge is -2.06. The van der Waals surface area contributed by atoms with E-state index in [1.54, 1.807) is 0 Å². The van der Waals surface area contributed by atoms with Gasteiger partial charge >= 0.3 is 5.97 Å². The van der Waals surface area contributed by atoms with E-state index in [1.165, 1.54) is 18.7 Å². The van der Waals surface area contributed by atoms with Crippen LogP contribution in [0.15, 0.2) is 67.5 Å². The molecule has 0 N–H and O–H groups in total. The topological polar surface area (TPSA) is 57.0 Å². The largest absolute Gasteiger partial charge is 0.462 e. The minimum Gasteiger partial charge on any atom is -0.462 e. The molecule has 0 radical (unpaired) electrons. The minimum atomic E-state index is -0.399. The van der Waals surface area contributed by atoms with Gasteiger partial charge in [-0.05, 0) is 29.8 Å². The van der Waals surface area contributed by atoms with Gasteiger partial charge in [-0.1, -0.05) is 12.1 Å². The van der Waals surface area contributed by atoms with E-state index < -0.39 is 5.97 Å². The van der Waals surface area contributed by atoms with Crippen LogP contribution in [0.4, 0.5) is 0 Å². The van der Waals surface area contributed by atoms with Gasteiger partial charge in [0.1, 0.15) is 6.33 Å². The molecule has 0 aliphatic rings. The molecule has 0 saturated heterocycles. The van der Waals surface area contributed by atoms with Crippen molar-refractivity contribution in [3.8, 4) is 5.69 Å². The Labute approximate surface area is 128 Å². The number of rotatable bonds is 5. The molecule has 1 aromatic carbocycles. The molecule has 2 aromatic heterocycles. The van der Waals surface area contributed by atoms with E-state index in [4.69, 9.17) is 4.74 Å². The van der Waals surface area contributed by atoms with Crippen LogP contribution in [0.2, 0.25) is 0 Å². The highest BCUT2D eigenvalue weighted by atomic mass is 16.5. The Balaban J connectivity index is 1.53. The van der Waals surface area contributed by atoms with Gasteiger partial charge in [0.25, 0.3) is 0 Å². The minimum absolute atomic E-state index is 0.330. The lowest BCUT2D eigenvalue weighted by molar-refractivity contribution is 0.0508. The van der Waals surface area contributed by atoms with Crippen molar-refractivity contribution in [2.75, 3.05) is 6.61 Å². The van der Waals surface area contributed by atoms with Crippen LogP contribution in [-0.4, -0.2) is 27.1 Å². The predicted molar refractivity (Wildman–Crippen MR) is 81.8 cm³/mol. The number of benzene rings is 1. The second-order valence-corrected chi connectivity index (χ2v) is 4.77. The molecule has 5 nitrogen and oxygen atoms in total. The highest BCUT2D eigenvalue weighted by Crippen LogP contribution is 2.10. The Bertz CT molecular complexity index is 722. The van der Waals surface area contributed by atoms with Gasteiger partial charge in [0.15, 0.2) is 0 Å². The van der Waals surface area contributed by atoms with E-state index in [-0.39, 0.29) is 0 Å². The summed E-state index contributed by atoms with van der Waals surface area (Å²) in [6.45, 7) is 0.330. The quantitative estimate of drug-likeness (QED) is 0.679. The van der Waals surface area contributed by atoms with E-state index in [2.05, 4.69) is 9.97 Å². The summed E-state index contributed by atoms with van der Waals surface area (Å²) < 4.78 is 7.25. The Kier molecular flexibility index (Phi) is 4.25. The molecule has 0 amide bonds. The molecular formula is C17H15N3O2. The van der Waals surface area contributed by atoms with Crippen LogP contribution in [0, 0.1) is 0 Å². The number of carbonyl (C=O) groups excluding carboxylic acids is 1. The van der Waals surface area contributed by atoms with Crippen molar-refractivity contribution in [2.24, 2.45) is 0 Å². The maximum Gasteiger partial charge on any atom is 0.341 e. The van der Waals surface area contributed by atoms with Gasteiger partial charge in [0, 0.05) is 36.9 Å². The molecule has 0 unspecified atom stereocenters. The first kappa shape index (κ1) is 14.0. The van der Waals surface area contributed by atoms with Crippen molar-refractivity contribution in [3.63, 3.8) is 0 Å². The van der Waals surface area contributed by atoms with Crippen molar-refractivity contribution >= 4 is 5.97 Å². The average molecular weight is 293 g/mol. The van der Waals surface area contributed by atoms with E-state index in [0.29, 0.717) is 18.6 Å². The fraction of sp³-hybridized carbons (Fsp3) is 0.118. The van der Waals surface area contributed by atoms with Gasteiger partial charge in [-0.2, -0.15) is 0 Å². The summed E-state index contributed by atoms with van der Waals surface area (Å²) in [4.78, 5) is 19.3. The second-order valence-electron chi connectivity index (χ2n) is 4.77. The number of nitrogens with zero attached hydrogens (tertiary/aromatic N) is 3. The molecule has 3 aromatic rings. The summed E-state index contributed by atoms with van der Waals surface area (Å²) in [7, 11) is 0. The van der Waals surface area contributed by atoms with Gasteiger partial charge in [-0.3, -0.25) is 0 Å². The van der Waals surface area contributed by atoms with E-state index in [9.17, 15) is 4.79 Å². The molecule has 0 saturated carbocycles. The van der Waals surface area contributed by atoms with Gasteiger partial charge in [-0.25, -0.2) is 14.8 Å². The van der Waals surface area contributed by atoms with Crippen LogP contribution >= 0.6 is 0 Å². The SMILES string of the molecule is O=C(OCCc1ccc(-n2cccc2)cc1)c1cncnc1. The van der Waals surface area contributed by atoms with Crippen molar-refractivity contribution in [1.82, 2.24) is 14.5 Å². The van der Waals surface area contributed by atoms with Gasteiger partial charge in [0.05, 0.1) is 12.2 Å². The number of aromatic nitrogens is 3. The Morgan fingerprint density at radius 2 is 1.73 bits per heavy atom. The summed E-state index contributed by atoms with van der Waals surface area (Å²) in [5.74, 6) is -0.399. The number of esters is 1. The van der Waals surface area contributed by atoms with Crippen LogP contribution in [0.3, 0.4) is 0 Å². The number of hydrogen-bond donors (Lipinski definition) is 0. The molecule has 0 atom stereocenters. The van der Waals surface area contributed by atoms with Crippen molar-refractivity contribution in [1.29, 1.82) is 0 Å². The summed E-state index contributed by atoms with van der Waals surface area (Å²) in [5.41, 5.74) is 2.59. The smallest absolute Gasteiger partial charge is 0.341 e. The molecule has 22 heavy (non-hydrogen) atoms. The van der Waals surface area contributed by atoms with E-state index in [1.807, 2.05) is 53.4 Å². The monoisotopic (exact) mass is 293 g/mol. The fourth-order valence-electron chi connectivity index (χ4n) is 2.09. The first-order valence-corrected chi connectivity index (χ1v) is 6.97. The zero-order valence-electron chi connectivity index (χ0n) is 11.9. The van der Waals surface area contributed by atoms with Crippen molar-refractivity contribution in [3.05, 3.63) is 78.6 Å². The molecular weight excluding hydrogens is 278 g/mol. The number of hydrogen-bond acceptors (Lipinski definition) is 4. The van der Waals surface area contributed by atoms with Crippen molar-refractivity contribution in [2.45, 2.75) is 6.42 Å². The van der Waals surface area contributed by atoms with Crippen LogP contribution in [-0.2, 0) is 11.2 Å². The molecule has 0 fully saturated rings. The molecule has 0 bridgehead atoms. The average Bonchev–Trinajstić information content (AvgIpc) is 3.11.